The molecule has 0 spiro atoms. The highest BCUT2D eigenvalue weighted by molar-refractivity contribution is 6.05. The fourth-order valence-corrected chi connectivity index (χ4v) is 3.81. The van der Waals surface area contributed by atoms with E-state index in [1.54, 1.807) is 48.5 Å². The van der Waals surface area contributed by atoms with Gasteiger partial charge in [0.2, 0.25) is 0 Å². The summed E-state index contributed by atoms with van der Waals surface area (Å²) in [6, 6.07) is 24.3. The van der Waals surface area contributed by atoms with Crippen molar-refractivity contribution in [3.63, 3.8) is 0 Å². The van der Waals surface area contributed by atoms with Gasteiger partial charge in [0.1, 0.15) is 11.5 Å². The first-order valence-electron chi connectivity index (χ1n) is 10.4. The Hall–Kier alpha value is -4.26. The van der Waals surface area contributed by atoms with E-state index in [-0.39, 0.29) is 22.7 Å². The van der Waals surface area contributed by atoms with E-state index in [1.807, 2.05) is 0 Å². The second-order valence-corrected chi connectivity index (χ2v) is 7.74. The molecule has 0 unspecified atom stereocenters. The molecule has 0 radical (unpaired) electrons. The van der Waals surface area contributed by atoms with E-state index >= 15 is 0 Å². The van der Waals surface area contributed by atoms with Gasteiger partial charge in [-0.15, -0.1) is 0 Å². The summed E-state index contributed by atoms with van der Waals surface area (Å²) in [5.74, 6) is -0.824. The molecule has 1 amide bonds. The molecular formula is C27H20F3NO3. The molecule has 0 saturated heterocycles. The Kier molecular flexibility index (Phi) is 6.27. The lowest BCUT2D eigenvalue weighted by molar-refractivity contribution is -0.137. The average Bonchev–Trinajstić information content (AvgIpc) is 2.81. The Morgan fingerprint density at radius 3 is 1.85 bits per heavy atom. The number of alkyl halides is 3. The number of hydrogen-bond acceptors (Lipinski definition) is 3. The Morgan fingerprint density at radius 1 is 0.735 bits per heavy atom. The van der Waals surface area contributed by atoms with Crippen molar-refractivity contribution in [2.75, 3.05) is 5.32 Å². The number of nitrogens with one attached hydrogen (secondary N) is 1. The van der Waals surface area contributed by atoms with Gasteiger partial charge in [-0.2, -0.15) is 13.2 Å². The fraction of sp³-hybridized carbons (Fsp3) is 0.0741. The van der Waals surface area contributed by atoms with Gasteiger partial charge in [-0.1, -0.05) is 48.5 Å². The number of benzene rings is 4. The van der Waals surface area contributed by atoms with Crippen molar-refractivity contribution in [3.05, 3.63) is 125 Å². The zero-order valence-electron chi connectivity index (χ0n) is 17.8. The number of rotatable bonds is 5. The van der Waals surface area contributed by atoms with Gasteiger partial charge in [0.25, 0.3) is 5.91 Å². The van der Waals surface area contributed by atoms with E-state index in [4.69, 9.17) is 0 Å². The standard InChI is InChI=1S/C27H20F3NO3/c28-27(29,30)19-4-3-5-20(16-19)31-26(34)24-7-2-1-6-23(24)25(17-8-12-21(32)13-9-17)18-10-14-22(33)15-11-18/h1-16,25,32-33H,(H,31,34). The summed E-state index contributed by atoms with van der Waals surface area (Å²) >= 11 is 0. The van der Waals surface area contributed by atoms with Crippen molar-refractivity contribution in [1.82, 2.24) is 0 Å². The van der Waals surface area contributed by atoms with E-state index in [2.05, 4.69) is 5.32 Å². The number of phenols is 2. The molecule has 0 fully saturated rings. The number of carbonyl (C=O) groups excluding carboxylic acids is 1. The first kappa shape index (κ1) is 22.9. The summed E-state index contributed by atoms with van der Waals surface area (Å²) in [6.45, 7) is 0. The van der Waals surface area contributed by atoms with Crippen molar-refractivity contribution in [2.24, 2.45) is 0 Å². The maximum Gasteiger partial charge on any atom is 0.416 e. The molecule has 0 bridgehead atoms. The largest absolute Gasteiger partial charge is 0.508 e. The molecule has 0 aromatic heterocycles. The van der Waals surface area contributed by atoms with E-state index < -0.39 is 23.6 Å². The third-order valence-electron chi connectivity index (χ3n) is 5.42. The Bertz CT molecular complexity index is 1250. The summed E-state index contributed by atoms with van der Waals surface area (Å²) < 4.78 is 39.2. The van der Waals surface area contributed by atoms with E-state index in [0.717, 1.165) is 23.3 Å². The van der Waals surface area contributed by atoms with Crippen LogP contribution in [0.15, 0.2) is 97.1 Å². The third-order valence-corrected chi connectivity index (χ3v) is 5.42. The van der Waals surface area contributed by atoms with Gasteiger partial charge in [-0.25, -0.2) is 0 Å². The van der Waals surface area contributed by atoms with Gasteiger partial charge in [0, 0.05) is 17.2 Å². The van der Waals surface area contributed by atoms with Crippen molar-refractivity contribution < 1.29 is 28.2 Å². The number of amides is 1. The van der Waals surface area contributed by atoms with Gasteiger partial charge in [-0.3, -0.25) is 4.79 Å². The van der Waals surface area contributed by atoms with Crippen LogP contribution in [0.3, 0.4) is 0 Å². The molecule has 4 nitrogen and oxygen atoms in total. The maximum absolute atomic E-state index is 13.2. The molecule has 0 heterocycles. The first-order chi connectivity index (χ1) is 16.2. The lowest BCUT2D eigenvalue weighted by Crippen LogP contribution is -2.17. The minimum atomic E-state index is -4.53. The van der Waals surface area contributed by atoms with Crippen LogP contribution in [0.25, 0.3) is 0 Å². The quantitative estimate of drug-likeness (QED) is 0.294. The first-order valence-corrected chi connectivity index (χ1v) is 10.4. The number of phenolic OH excluding ortho intramolecular Hbond substituents is 2. The smallest absolute Gasteiger partial charge is 0.416 e. The summed E-state index contributed by atoms with van der Waals surface area (Å²) in [6.07, 6.45) is -4.53. The lowest BCUT2D eigenvalue weighted by atomic mass is 9.82. The molecule has 34 heavy (non-hydrogen) atoms. The number of halogens is 3. The van der Waals surface area contributed by atoms with Crippen LogP contribution < -0.4 is 5.32 Å². The van der Waals surface area contributed by atoms with Crippen LogP contribution in [-0.4, -0.2) is 16.1 Å². The molecule has 172 valence electrons. The zero-order chi connectivity index (χ0) is 24.3. The Balaban J connectivity index is 1.76. The van der Waals surface area contributed by atoms with E-state index in [0.29, 0.717) is 5.56 Å². The van der Waals surface area contributed by atoms with E-state index in [1.165, 1.54) is 36.4 Å². The van der Waals surface area contributed by atoms with Crippen LogP contribution in [0, 0.1) is 0 Å². The van der Waals surface area contributed by atoms with Crippen molar-refractivity contribution in [2.45, 2.75) is 12.1 Å². The number of carbonyl (C=O) groups is 1. The highest BCUT2D eigenvalue weighted by Crippen LogP contribution is 2.36. The van der Waals surface area contributed by atoms with Crippen LogP contribution in [-0.2, 0) is 6.18 Å². The minimum Gasteiger partial charge on any atom is -0.508 e. The minimum absolute atomic E-state index is 0.0282. The Labute approximate surface area is 193 Å². The summed E-state index contributed by atoms with van der Waals surface area (Å²) in [4.78, 5) is 13.2. The SMILES string of the molecule is O=C(Nc1cccc(C(F)(F)F)c1)c1ccccc1C(c1ccc(O)cc1)c1ccc(O)cc1. The monoisotopic (exact) mass is 463 g/mol. The van der Waals surface area contributed by atoms with Crippen LogP contribution >= 0.6 is 0 Å². The number of aromatic hydroxyl groups is 2. The van der Waals surface area contributed by atoms with Crippen molar-refractivity contribution >= 4 is 11.6 Å². The van der Waals surface area contributed by atoms with Gasteiger partial charge in [-0.05, 0) is 65.2 Å². The van der Waals surface area contributed by atoms with Crippen molar-refractivity contribution in [3.8, 4) is 11.5 Å². The van der Waals surface area contributed by atoms with Crippen LogP contribution in [0.5, 0.6) is 11.5 Å². The van der Waals surface area contributed by atoms with Gasteiger partial charge in [0.15, 0.2) is 0 Å². The zero-order valence-corrected chi connectivity index (χ0v) is 17.8. The van der Waals surface area contributed by atoms with Gasteiger partial charge < -0.3 is 15.5 Å². The Morgan fingerprint density at radius 2 is 1.29 bits per heavy atom. The van der Waals surface area contributed by atoms with Crippen LogP contribution in [0.2, 0.25) is 0 Å². The summed E-state index contributed by atoms with van der Waals surface area (Å²) in [5, 5.41) is 22.0. The molecular weight excluding hydrogens is 443 g/mol. The average molecular weight is 463 g/mol. The van der Waals surface area contributed by atoms with E-state index in [9.17, 15) is 28.2 Å². The molecule has 3 N–H and O–H groups in total. The van der Waals surface area contributed by atoms with Crippen LogP contribution in [0.1, 0.15) is 38.5 Å². The second kappa shape index (κ2) is 9.31. The van der Waals surface area contributed by atoms with Gasteiger partial charge >= 0.3 is 6.18 Å². The van der Waals surface area contributed by atoms with Gasteiger partial charge in [0.05, 0.1) is 5.56 Å². The predicted octanol–water partition coefficient (Wildman–Crippen LogP) is 6.55. The maximum atomic E-state index is 13.2. The second-order valence-electron chi connectivity index (χ2n) is 7.74. The lowest BCUT2D eigenvalue weighted by Gasteiger charge is -2.22. The summed E-state index contributed by atoms with van der Waals surface area (Å²) in [7, 11) is 0. The predicted molar refractivity (Wildman–Crippen MR) is 123 cm³/mol. The van der Waals surface area contributed by atoms with Crippen LogP contribution in [0.4, 0.5) is 18.9 Å². The normalized spacial score (nSPS) is 11.4. The van der Waals surface area contributed by atoms with Crippen molar-refractivity contribution in [1.29, 1.82) is 0 Å². The molecule has 4 aromatic carbocycles. The molecule has 7 heteroatoms. The summed E-state index contributed by atoms with van der Waals surface area (Å²) in [5.41, 5.74) is 1.63. The molecule has 0 aliphatic carbocycles. The molecule has 0 saturated carbocycles. The number of hydrogen-bond donors (Lipinski definition) is 3. The molecule has 4 aromatic rings. The molecule has 0 atom stereocenters. The molecule has 4 rings (SSSR count). The third kappa shape index (κ3) is 5.04. The number of anilines is 1. The highest BCUT2D eigenvalue weighted by Gasteiger charge is 2.30. The highest BCUT2D eigenvalue weighted by atomic mass is 19.4. The molecule has 0 aliphatic heterocycles. The fourth-order valence-electron chi connectivity index (χ4n) is 3.81. The molecule has 0 aliphatic rings. The topological polar surface area (TPSA) is 69.6 Å².